The fourth-order valence-corrected chi connectivity index (χ4v) is 3.14. The number of methoxy groups -OCH3 is 1. The van der Waals surface area contributed by atoms with Crippen molar-refractivity contribution in [1.29, 1.82) is 0 Å². The predicted molar refractivity (Wildman–Crippen MR) is 115 cm³/mol. The number of hydrogen-bond acceptors (Lipinski definition) is 4. The van der Waals surface area contributed by atoms with Gasteiger partial charge < -0.3 is 15.2 Å². The summed E-state index contributed by atoms with van der Waals surface area (Å²) in [4.78, 5) is 28.6. The first-order valence-electron chi connectivity index (χ1n) is 9.69. The molecule has 6 nitrogen and oxygen atoms in total. The van der Waals surface area contributed by atoms with E-state index in [1.54, 1.807) is 37.3 Å². The number of aryl methyl sites for hydroxylation is 2. The molecule has 31 heavy (non-hydrogen) atoms. The Balaban J connectivity index is 1.93. The number of ether oxygens (including phenoxy) is 1. The molecule has 3 aromatic rings. The van der Waals surface area contributed by atoms with Gasteiger partial charge in [-0.25, -0.2) is 9.37 Å². The highest BCUT2D eigenvalue weighted by atomic mass is 19.1. The Labute approximate surface area is 179 Å². The summed E-state index contributed by atoms with van der Waals surface area (Å²) in [7, 11) is 1.46. The molecule has 2 N–H and O–H groups in total. The molecular formula is C24H23FN2O4. The average Bonchev–Trinajstić information content (AvgIpc) is 2.75. The first-order valence-corrected chi connectivity index (χ1v) is 9.69. The molecule has 3 rings (SSSR count). The molecule has 0 bridgehead atoms. The van der Waals surface area contributed by atoms with Gasteiger partial charge in [-0.3, -0.25) is 9.59 Å². The number of pyridine rings is 1. The summed E-state index contributed by atoms with van der Waals surface area (Å²) in [5.41, 5.74) is 3.05. The Kier molecular flexibility index (Phi) is 6.65. The van der Waals surface area contributed by atoms with E-state index in [0.717, 1.165) is 5.56 Å². The van der Waals surface area contributed by atoms with Crippen LogP contribution in [0.3, 0.4) is 0 Å². The Hall–Kier alpha value is -3.74. The second kappa shape index (κ2) is 9.38. The van der Waals surface area contributed by atoms with Gasteiger partial charge in [0, 0.05) is 5.56 Å². The van der Waals surface area contributed by atoms with E-state index < -0.39 is 23.7 Å². The van der Waals surface area contributed by atoms with Gasteiger partial charge in [-0.05, 0) is 43.2 Å². The minimum Gasteiger partial charge on any atom is -0.494 e. The van der Waals surface area contributed by atoms with E-state index in [0.29, 0.717) is 28.1 Å². The number of amides is 1. The van der Waals surface area contributed by atoms with Crippen LogP contribution >= 0.6 is 0 Å². The molecule has 1 atom stereocenters. The van der Waals surface area contributed by atoms with Crippen molar-refractivity contribution >= 4 is 11.9 Å². The van der Waals surface area contributed by atoms with Crippen molar-refractivity contribution in [3.8, 4) is 17.0 Å². The number of nitrogens with one attached hydrogen (secondary N) is 1. The third-order valence-corrected chi connectivity index (χ3v) is 4.92. The molecule has 0 spiro atoms. The minimum atomic E-state index is -1.04. The van der Waals surface area contributed by atoms with Gasteiger partial charge in [0.05, 0.1) is 19.6 Å². The van der Waals surface area contributed by atoms with Gasteiger partial charge in [0.25, 0.3) is 5.91 Å². The molecule has 0 saturated carbocycles. The van der Waals surface area contributed by atoms with Crippen LogP contribution in [0.15, 0.2) is 54.6 Å². The maximum absolute atomic E-state index is 14.1. The standard InChI is InChI=1S/C24H23FN2O4/c1-14-4-7-16(8-5-14)20(13-22(28)29)27-24(30)19-10-11-21(31-3)23(26-19)17-9-6-15(2)18(25)12-17/h4-12,20H,13H2,1-3H3,(H,27,30)(H,28,29). The lowest BCUT2D eigenvalue weighted by Gasteiger charge is -2.18. The number of carboxylic acid groups (broad SMARTS) is 1. The zero-order valence-corrected chi connectivity index (χ0v) is 17.5. The molecule has 0 fully saturated rings. The lowest BCUT2D eigenvalue weighted by Crippen LogP contribution is -2.30. The molecule has 1 aromatic heterocycles. The van der Waals surface area contributed by atoms with Crippen LogP contribution in [0.5, 0.6) is 5.75 Å². The van der Waals surface area contributed by atoms with Crippen molar-refractivity contribution < 1.29 is 23.8 Å². The van der Waals surface area contributed by atoms with E-state index in [9.17, 15) is 19.1 Å². The summed E-state index contributed by atoms with van der Waals surface area (Å²) in [5, 5.41) is 12.0. The van der Waals surface area contributed by atoms with E-state index in [2.05, 4.69) is 10.3 Å². The molecule has 1 heterocycles. The Bertz CT molecular complexity index is 1110. The Morgan fingerprint density at radius 1 is 1.10 bits per heavy atom. The third kappa shape index (κ3) is 5.25. The zero-order valence-electron chi connectivity index (χ0n) is 17.5. The number of aromatic nitrogens is 1. The molecule has 0 radical (unpaired) electrons. The van der Waals surface area contributed by atoms with Gasteiger partial charge in [-0.15, -0.1) is 0 Å². The van der Waals surface area contributed by atoms with Gasteiger partial charge in [-0.2, -0.15) is 0 Å². The first kappa shape index (κ1) is 22.0. The van der Waals surface area contributed by atoms with Crippen LogP contribution in [0.4, 0.5) is 4.39 Å². The molecule has 7 heteroatoms. The maximum atomic E-state index is 14.1. The predicted octanol–water partition coefficient (Wildman–Crippen LogP) is 4.46. The quantitative estimate of drug-likeness (QED) is 0.587. The van der Waals surface area contributed by atoms with Crippen LogP contribution in [-0.2, 0) is 4.79 Å². The van der Waals surface area contributed by atoms with E-state index in [1.165, 1.54) is 19.2 Å². The van der Waals surface area contributed by atoms with Gasteiger partial charge in [0.15, 0.2) is 0 Å². The SMILES string of the molecule is COc1ccc(C(=O)NC(CC(=O)O)c2ccc(C)cc2)nc1-c1ccc(C)c(F)c1. The van der Waals surface area contributed by atoms with Crippen LogP contribution in [0.1, 0.15) is 39.6 Å². The molecule has 0 aliphatic heterocycles. The highest BCUT2D eigenvalue weighted by molar-refractivity contribution is 5.93. The lowest BCUT2D eigenvalue weighted by atomic mass is 10.0. The molecular weight excluding hydrogens is 399 g/mol. The fraction of sp³-hybridized carbons (Fsp3) is 0.208. The van der Waals surface area contributed by atoms with Crippen molar-refractivity contribution in [2.75, 3.05) is 7.11 Å². The van der Waals surface area contributed by atoms with E-state index in [-0.39, 0.29) is 12.1 Å². The maximum Gasteiger partial charge on any atom is 0.305 e. The minimum absolute atomic E-state index is 0.0688. The normalized spacial score (nSPS) is 11.6. The molecule has 0 aliphatic rings. The second-order valence-corrected chi connectivity index (χ2v) is 7.25. The topological polar surface area (TPSA) is 88.5 Å². The number of carbonyl (C=O) groups excluding carboxylic acids is 1. The first-order chi connectivity index (χ1) is 14.8. The largest absolute Gasteiger partial charge is 0.494 e. The molecule has 0 aliphatic carbocycles. The van der Waals surface area contributed by atoms with E-state index in [4.69, 9.17) is 4.74 Å². The van der Waals surface area contributed by atoms with Gasteiger partial charge in [0.2, 0.25) is 0 Å². The summed E-state index contributed by atoms with van der Waals surface area (Å²) in [6.45, 7) is 3.58. The molecule has 1 amide bonds. The number of aliphatic carboxylic acids is 1. The van der Waals surface area contributed by atoms with Crippen LogP contribution < -0.4 is 10.1 Å². The summed E-state index contributed by atoms with van der Waals surface area (Å²) < 4.78 is 19.4. The highest BCUT2D eigenvalue weighted by Gasteiger charge is 2.21. The van der Waals surface area contributed by atoms with Gasteiger partial charge >= 0.3 is 5.97 Å². The number of nitrogens with zero attached hydrogens (tertiary/aromatic N) is 1. The van der Waals surface area contributed by atoms with Crippen LogP contribution in [0, 0.1) is 19.7 Å². The van der Waals surface area contributed by atoms with Crippen molar-refractivity contribution in [3.63, 3.8) is 0 Å². The monoisotopic (exact) mass is 422 g/mol. The number of carboxylic acids is 1. The molecule has 1 unspecified atom stereocenters. The average molecular weight is 422 g/mol. The molecule has 160 valence electrons. The second-order valence-electron chi connectivity index (χ2n) is 7.25. The summed E-state index contributed by atoms with van der Waals surface area (Å²) in [5.74, 6) is -1.58. The van der Waals surface area contributed by atoms with Gasteiger partial charge in [0.1, 0.15) is 23.0 Å². The summed E-state index contributed by atoms with van der Waals surface area (Å²) in [6, 6.07) is 14.3. The Morgan fingerprint density at radius 3 is 2.42 bits per heavy atom. The Morgan fingerprint density at radius 2 is 1.81 bits per heavy atom. The van der Waals surface area contributed by atoms with Crippen molar-refractivity contribution in [2.45, 2.75) is 26.3 Å². The van der Waals surface area contributed by atoms with Crippen LogP contribution in [0.2, 0.25) is 0 Å². The zero-order chi connectivity index (χ0) is 22.5. The van der Waals surface area contributed by atoms with Crippen LogP contribution in [0.25, 0.3) is 11.3 Å². The lowest BCUT2D eigenvalue weighted by molar-refractivity contribution is -0.137. The number of benzene rings is 2. The van der Waals surface area contributed by atoms with Crippen molar-refractivity contribution in [3.05, 3.63) is 82.8 Å². The highest BCUT2D eigenvalue weighted by Crippen LogP contribution is 2.29. The van der Waals surface area contributed by atoms with Crippen molar-refractivity contribution in [1.82, 2.24) is 10.3 Å². The number of hydrogen-bond donors (Lipinski definition) is 2. The fourth-order valence-electron chi connectivity index (χ4n) is 3.14. The molecule has 2 aromatic carbocycles. The summed E-state index contributed by atoms with van der Waals surface area (Å²) >= 11 is 0. The summed E-state index contributed by atoms with van der Waals surface area (Å²) in [6.07, 6.45) is -0.277. The van der Waals surface area contributed by atoms with E-state index in [1.807, 2.05) is 19.1 Å². The van der Waals surface area contributed by atoms with Crippen molar-refractivity contribution in [2.24, 2.45) is 0 Å². The van der Waals surface area contributed by atoms with E-state index >= 15 is 0 Å². The number of carbonyl (C=O) groups is 2. The third-order valence-electron chi connectivity index (χ3n) is 4.92. The van der Waals surface area contributed by atoms with Crippen LogP contribution in [-0.4, -0.2) is 29.1 Å². The van der Waals surface area contributed by atoms with Gasteiger partial charge in [-0.1, -0.05) is 42.0 Å². The molecule has 0 saturated heterocycles. The number of rotatable bonds is 7. The smallest absolute Gasteiger partial charge is 0.305 e. The number of halogens is 1.